The minimum absolute atomic E-state index is 0.663. The summed E-state index contributed by atoms with van der Waals surface area (Å²) in [5.74, 6) is 0. The van der Waals surface area contributed by atoms with Gasteiger partial charge in [0, 0.05) is 30.3 Å². The molecule has 0 bridgehead atoms. The number of nitrogens with one attached hydrogen (secondary N) is 1. The summed E-state index contributed by atoms with van der Waals surface area (Å²) in [4.78, 5) is 4.20. The lowest BCUT2D eigenvalue weighted by Crippen LogP contribution is -2.22. The van der Waals surface area contributed by atoms with Gasteiger partial charge in [-0.25, -0.2) is 0 Å². The van der Waals surface area contributed by atoms with E-state index < -0.39 is 0 Å². The molecule has 1 aromatic heterocycles. The highest BCUT2D eigenvalue weighted by Gasteiger charge is 1.92. The van der Waals surface area contributed by atoms with Crippen molar-refractivity contribution in [2.75, 3.05) is 13.1 Å². The van der Waals surface area contributed by atoms with Gasteiger partial charge in [0.15, 0.2) is 0 Å². The van der Waals surface area contributed by atoms with Gasteiger partial charge in [0.1, 0.15) is 0 Å². The molecule has 0 aliphatic carbocycles. The Balaban J connectivity index is 2.37. The van der Waals surface area contributed by atoms with Crippen molar-refractivity contribution in [3.8, 4) is 0 Å². The van der Waals surface area contributed by atoms with Crippen molar-refractivity contribution in [2.45, 2.75) is 6.54 Å². The molecule has 66 valence electrons. The van der Waals surface area contributed by atoms with E-state index in [-0.39, 0.29) is 0 Å². The number of rotatable bonds is 4. The summed E-state index contributed by atoms with van der Waals surface area (Å²) >= 11 is 3.32. The number of nitrogens with zero attached hydrogens (tertiary/aromatic N) is 1. The van der Waals surface area contributed by atoms with Gasteiger partial charge >= 0.3 is 0 Å². The van der Waals surface area contributed by atoms with E-state index in [4.69, 9.17) is 5.73 Å². The molecule has 0 aliphatic heterocycles. The maximum atomic E-state index is 5.33. The number of aromatic nitrogens is 1. The molecule has 0 atom stereocenters. The first-order chi connectivity index (χ1) is 5.83. The molecule has 1 aromatic rings. The van der Waals surface area contributed by atoms with Gasteiger partial charge < -0.3 is 11.1 Å². The second-order valence-electron chi connectivity index (χ2n) is 2.43. The molecule has 0 spiro atoms. The fourth-order valence-electron chi connectivity index (χ4n) is 0.830. The number of halogens is 1. The average molecular weight is 230 g/mol. The molecular formula is C8H12BrN3. The highest BCUT2D eigenvalue weighted by atomic mass is 79.9. The van der Waals surface area contributed by atoms with Crippen molar-refractivity contribution in [2.24, 2.45) is 5.73 Å². The summed E-state index contributed by atoms with van der Waals surface area (Å²) in [6.07, 6.45) is 1.79. The average Bonchev–Trinajstić information content (AvgIpc) is 2.09. The second kappa shape index (κ2) is 5.24. The van der Waals surface area contributed by atoms with Crippen molar-refractivity contribution in [3.63, 3.8) is 0 Å². The van der Waals surface area contributed by atoms with Gasteiger partial charge in [0.25, 0.3) is 0 Å². The molecule has 0 unspecified atom stereocenters. The van der Waals surface area contributed by atoms with Crippen LogP contribution in [0.15, 0.2) is 22.8 Å². The third-order valence-electron chi connectivity index (χ3n) is 1.42. The highest BCUT2D eigenvalue weighted by Crippen LogP contribution is 2.06. The SMILES string of the molecule is NCCNCc1ccc(Br)cn1. The molecule has 12 heavy (non-hydrogen) atoms. The van der Waals surface area contributed by atoms with Gasteiger partial charge in [-0.2, -0.15) is 0 Å². The van der Waals surface area contributed by atoms with E-state index in [9.17, 15) is 0 Å². The number of hydrogen-bond acceptors (Lipinski definition) is 3. The normalized spacial score (nSPS) is 10.2. The van der Waals surface area contributed by atoms with Crippen molar-refractivity contribution in [3.05, 3.63) is 28.5 Å². The molecule has 0 radical (unpaired) electrons. The van der Waals surface area contributed by atoms with Crippen molar-refractivity contribution >= 4 is 15.9 Å². The summed E-state index contributed by atoms with van der Waals surface area (Å²) in [5, 5.41) is 3.17. The van der Waals surface area contributed by atoms with E-state index in [1.165, 1.54) is 0 Å². The number of nitrogens with two attached hydrogens (primary N) is 1. The molecule has 3 N–H and O–H groups in total. The maximum Gasteiger partial charge on any atom is 0.0542 e. The van der Waals surface area contributed by atoms with Crippen LogP contribution < -0.4 is 11.1 Å². The number of pyridine rings is 1. The Morgan fingerprint density at radius 3 is 2.92 bits per heavy atom. The lowest BCUT2D eigenvalue weighted by Gasteiger charge is -2.01. The van der Waals surface area contributed by atoms with Crippen LogP contribution >= 0.6 is 15.9 Å². The fraction of sp³-hybridized carbons (Fsp3) is 0.375. The van der Waals surface area contributed by atoms with Crippen LogP contribution in [0.4, 0.5) is 0 Å². The van der Waals surface area contributed by atoms with E-state index in [1.54, 1.807) is 6.20 Å². The Labute approximate surface area is 80.5 Å². The zero-order chi connectivity index (χ0) is 8.81. The molecule has 0 aliphatic rings. The predicted molar refractivity (Wildman–Crippen MR) is 52.7 cm³/mol. The van der Waals surface area contributed by atoms with Crippen LogP contribution in [0.5, 0.6) is 0 Å². The first kappa shape index (κ1) is 9.64. The Hall–Kier alpha value is -0.450. The summed E-state index contributed by atoms with van der Waals surface area (Å²) < 4.78 is 1.00. The van der Waals surface area contributed by atoms with Gasteiger partial charge in [-0.05, 0) is 28.1 Å². The van der Waals surface area contributed by atoms with Gasteiger partial charge in [0.2, 0.25) is 0 Å². The van der Waals surface area contributed by atoms with E-state index >= 15 is 0 Å². The molecule has 0 amide bonds. The Morgan fingerprint density at radius 1 is 1.50 bits per heavy atom. The molecule has 0 aromatic carbocycles. The van der Waals surface area contributed by atoms with Crippen molar-refractivity contribution in [1.29, 1.82) is 0 Å². The minimum Gasteiger partial charge on any atom is -0.329 e. The molecule has 4 heteroatoms. The summed E-state index contributed by atoms with van der Waals surface area (Å²) in [6.45, 7) is 2.28. The lowest BCUT2D eigenvalue weighted by molar-refractivity contribution is 0.682. The van der Waals surface area contributed by atoms with Crippen molar-refractivity contribution < 1.29 is 0 Å². The summed E-state index contributed by atoms with van der Waals surface area (Å²) in [7, 11) is 0. The van der Waals surface area contributed by atoms with Gasteiger partial charge in [-0.1, -0.05) is 0 Å². The molecule has 0 saturated heterocycles. The molecule has 1 heterocycles. The third kappa shape index (κ3) is 3.30. The van der Waals surface area contributed by atoms with Crippen LogP contribution in [-0.2, 0) is 6.54 Å². The van der Waals surface area contributed by atoms with Gasteiger partial charge in [0.05, 0.1) is 5.69 Å². The monoisotopic (exact) mass is 229 g/mol. The second-order valence-corrected chi connectivity index (χ2v) is 3.35. The van der Waals surface area contributed by atoms with Crippen LogP contribution in [0, 0.1) is 0 Å². The summed E-state index contributed by atoms with van der Waals surface area (Å²) in [6, 6.07) is 3.96. The zero-order valence-electron chi connectivity index (χ0n) is 6.76. The van der Waals surface area contributed by atoms with Crippen LogP contribution in [0.25, 0.3) is 0 Å². The van der Waals surface area contributed by atoms with Crippen LogP contribution in [0.1, 0.15) is 5.69 Å². The quantitative estimate of drug-likeness (QED) is 0.755. The first-order valence-corrected chi connectivity index (χ1v) is 4.63. The van der Waals surface area contributed by atoms with E-state index in [2.05, 4.69) is 26.2 Å². The largest absolute Gasteiger partial charge is 0.329 e. The molecule has 1 rings (SSSR count). The van der Waals surface area contributed by atoms with Crippen LogP contribution in [-0.4, -0.2) is 18.1 Å². The minimum atomic E-state index is 0.663. The lowest BCUT2D eigenvalue weighted by atomic mass is 10.3. The predicted octanol–water partition coefficient (Wildman–Crippen LogP) is 0.892. The Kier molecular flexibility index (Phi) is 4.21. The fourth-order valence-corrected chi connectivity index (χ4v) is 1.06. The zero-order valence-corrected chi connectivity index (χ0v) is 8.34. The smallest absolute Gasteiger partial charge is 0.0542 e. The van der Waals surface area contributed by atoms with Gasteiger partial charge in [-0.15, -0.1) is 0 Å². The summed E-state index contributed by atoms with van der Waals surface area (Å²) in [5.41, 5.74) is 6.36. The Bertz CT molecular complexity index is 222. The molecular weight excluding hydrogens is 218 g/mol. The molecule has 0 saturated carbocycles. The van der Waals surface area contributed by atoms with E-state index in [1.807, 2.05) is 12.1 Å². The first-order valence-electron chi connectivity index (χ1n) is 3.84. The third-order valence-corrected chi connectivity index (χ3v) is 1.88. The van der Waals surface area contributed by atoms with Crippen molar-refractivity contribution in [1.82, 2.24) is 10.3 Å². The van der Waals surface area contributed by atoms with Crippen LogP contribution in [0.3, 0.4) is 0 Å². The topological polar surface area (TPSA) is 50.9 Å². The Morgan fingerprint density at radius 2 is 2.33 bits per heavy atom. The number of hydrogen-bond donors (Lipinski definition) is 2. The van der Waals surface area contributed by atoms with Crippen LogP contribution in [0.2, 0.25) is 0 Å². The molecule has 3 nitrogen and oxygen atoms in total. The van der Waals surface area contributed by atoms with Gasteiger partial charge in [-0.3, -0.25) is 4.98 Å². The molecule has 0 fully saturated rings. The highest BCUT2D eigenvalue weighted by molar-refractivity contribution is 9.10. The standard InChI is InChI=1S/C8H12BrN3/c9-7-1-2-8(12-5-7)6-11-4-3-10/h1-2,5,11H,3-4,6,10H2. The van der Waals surface area contributed by atoms with E-state index in [0.29, 0.717) is 6.54 Å². The van der Waals surface area contributed by atoms with E-state index in [0.717, 1.165) is 23.3 Å². The maximum absolute atomic E-state index is 5.33.